The van der Waals surface area contributed by atoms with Gasteiger partial charge in [0.15, 0.2) is 0 Å². The second-order valence-corrected chi connectivity index (χ2v) is 5.25. The van der Waals surface area contributed by atoms with Gasteiger partial charge in [0.05, 0.1) is 11.7 Å². The summed E-state index contributed by atoms with van der Waals surface area (Å²) in [7, 11) is 2.09. The SMILES string of the molecule is CN1CCCC(NC(=O)c2ccc3[nH]ncc3c2)C1. The third-order valence-electron chi connectivity index (χ3n) is 3.66. The Balaban J connectivity index is 1.72. The Morgan fingerprint density at radius 2 is 2.42 bits per heavy atom. The molecule has 0 spiro atoms. The summed E-state index contributed by atoms with van der Waals surface area (Å²) in [6.07, 6.45) is 3.94. The van der Waals surface area contributed by atoms with Gasteiger partial charge in [0.2, 0.25) is 0 Å². The van der Waals surface area contributed by atoms with Crippen LogP contribution in [0.1, 0.15) is 23.2 Å². The summed E-state index contributed by atoms with van der Waals surface area (Å²) < 4.78 is 0. The first-order valence-corrected chi connectivity index (χ1v) is 6.65. The van der Waals surface area contributed by atoms with Crippen LogP contribution in [0.15, 0.2) is 24.4 Å². The minimum absolute atomic E-state index is 0.00315. The molecule has 1 aromatic carbocycles. The Hall–Kier alpha value is -1.88. The van der Waals surface area contributed by atoms with E-state index in [4.69, 9.17) is 0 Å². The number of likely N-dealkylation sites (N-methyl/N-ethyl adjacent to an activating group) is 1. The number of nitrogens with one attached hydrogen (secondary N) is 2. The zero-order valence-electron chi connectivity index (χ0n) is 11.0. The zero-order valence-corrected chi connectivity index (χ0v) is 11.0. The summed E-state index contributed by atoms with van der Waals surface area (Å²) in [6, 6.07) is 5.86. The zero-order chi connectivity index (χ0) is 13.2. The van der Waals surface area contributed by atoms with Gasteiger partial charge >= 0.3 is 0 Å². The van der Waals surface area contributed by atoms with E-state index in [1.54, 1.807) is 6.20 Å². The number of H-pyrrole nitrogens is 1. The minimum Gasteiger partial charge on any atom is -0.348 e. The molecule has 2 N–H and O–H groups in total. The average molecular weight is 258 g/mol. The highest BCUT2D eigenvalue weighted by Gasteiger charge is 2.19. The highest BCUT2D eigenvalue weighted by Crippen LogP contribution is 2.14. The van der Waals surface area contributed by atoms with E-state index in [1.807, 2.05) is 18.2 Å². The molecule has 0 aliphatic carbocycles. The van der Waals surface area contributed by atoms with E-state index in [1.165, 1.54) is 0 Å². The topological polar surface area (TPSA) is 61.0 Å². The van der Waals surface area contributed by atoms with Gasteiger partial charge in [-0.25, -0.2) is 0 Å². The summed E-state index contributed by atoms with van der Waals surface area (Å²) in [5, 5.41) is 10.9. The number of hydrogen-bond donors (Lipinski definition) is 2. The normalized spacial score (nSPS) is 20.6. The Labute approximate surface area is 112 Å². The molecule has 1 aliphatic rings. The van der Waals surface area contributed by atoms with Gasteiger partial charge in [0.25, 0.3) is 5.91 Å². The molecule has 19 heavy (non-hydrogen) atoms. The van der Waals surface area contributed by atoms with Crippen molar-refractivity contribution in [1.82, 2.24) is 20.4 Å². The smallest absolute Gasteiger partial charge is 0.251 e. The number of carbonyl (C=O) groups excluding carboxylic acids is 1. The number of hydrogen-bond acceptors (Lipinski definition) is 3. The first-order valence-electron chi connectivity index (χ1n) is 6.65. The van der Waals surface area contributed by atoms with Gasteiger partial charge in [-0.1, -0.05) is 0 Å². The van der Waals surface area contributed by atoms with Gasteiger partial charge in [0.1, 0.15) is 0 Å². The number of benzene rings is 1. The predicted octanol–water partition coefficient (Wildman–Crippen LogP) is 1.39. The van der Waals surface area contributed by atoms with Crippen LogP contribution in [0, 0.1) is 0 Å². The van der Waals surface area contributed by atoms with Crippen LogP contribution in [0.4, 0.5) is 0 Å². The number of aromatic nitrogens is 2. The highest BCUT2D eigenvalue weighted by molar-refractivity contribution is 5.98. The summed E-state index contributed by atoms with van der Waals surface area (Å²) in [5.41, 5.74) is 1.65. The van der Waals surface area contributed by atoms with Gasteiger partial charge in [-0.15, -0.1) is 0 Å². The van der Waals surface area contributed by atoms with Gasteiger partial charge in [0, 0.05) is 23.5 Å². The van der Waals surface area contributed by atoms with E-state index >= 15 is 0 Å². The predicted molar refractivity (Wildman–Crippen MR) is 74.1 cm³/mol. The minimum atomic E-state index is 0.00315. The second kappa shape index (κ2) is 5.01. The molecule has 3 rings (SSSR count). The van der Waals surface area contributed by atoms with Crippen LogP contribution in [0.2, 0.25) is 0 Å². The lowest BCUT2D eigenvalue weighted by Crippen LogP contribution is -2.46. The van der Waals surface area contributed by atoms with Crippen molar-refractivity contribution in [3.8, 4) is 0 Å². The van der Waals surface area contributed by atoms with E-state index in [9.17, 15) is 4.79 Å². The Bertz CT molecular complexity index is 592. The van der Waals surface area contributed by atoms with Crippen LogP contribution >= 0.6 is 0 Å². The molecular formula is C14H18N4O. The van der Waals surface area contributed by atoms with Crippen molar-refractivity contribution in [2.75, 3.05) is 20.1 Å². The van der Waals surface area contributed by atoms with Crippen molar-refractivity contribution in [1.29, 1.82) is 0 Å². The molecule has 5 nitrogen and oxygen atoms in total. The summed E-state index contributed by atoms with van der Waals surface area (Å²) in [6.45, 7) is 2.05. The monoisotopic (exact) mass is 258 g/mol. The molecule has 1 atom stereocenters. The number of piperidine rings is 1. The summed E-state index contributed by atoms with van der Waals surface area (Å²) in [5.74, 6) is 0.00315. The number of aromatic amines is 1. The van der Waals surface area contributed by atoms with E-state index in [0.29, 0.717) is 5.56 Å². The molecule has 100 valence electrons. The van der Waals surface area contributed by atoms with Crippen molar-refractivity contribution in [2.45, 2.75) is 18.9 Å². The third kappa shape index (κ3) is 2.61. The maximum absolute atomic E-state index is 12.2. The van der Waals surface area contributed by atoms with Crippen molar-refractivity contribution in [2.24, 2.45) is 0 Å². The molecule has 1 saturated heterocycles. The maximum Gasteiger partial charge on any atom is 0.251 e. The lowest BCUT2D eigenvalue weighted by Gasteiger charge is -2.30. The van der Waals surface area contributed by atoms with E-state index in [-0.39, 0.29) is 11.9 Å². The first-order chi connectivity index (χ1) is 9.22. The number of fused-ring (bicyclic) bond motifs is 1. The second-order valence-electron chi connectivity index (χ2n) is 5.25. The molecular weight excluding hydrogens is 240 g/mol. The Kier molecular flexibility index (Phi) is 3.21. The van der Waals surface area contributed by atoms with Crippen molar-refractivity contribution >= 4 is 16.8 Å². The van der Waals surface area contributed by atoms with Crippen LogP contribution < -0.4 is 5.32 Å². The fourth-order valence-electron chi connectivity index (χ4n) is 2.64. The van der Waals surface area contributed by atoms with Crippen LogP contribution in [0.25, 0.3) is 10.9 Å². The Morgan fingerprint density at radius 3 is 3.26 bits per heavy atom. The molecule has 1 unspecified atom stereocenters. The number of nitrogens with zero attached hydrogens (tertiary/aromatic N) is 2. The van der Waals surface area contributed by atoms with Crippen molar-refractivity contribution < 1.29 is 4.79 Å². The molecule has 1 aromatic heterocycles. The maximum atomic E-state index is 12.2. The largest absolute Gasteiger partial charge is 0.348 e. The van der Waals surface area contributed by atoms with E-state index in [2.05, 4.69) is 27.5 Å². The van der Waals surface area contributed by atoms with Crippen LogP contribution in [-0.4, -0.2) is 47.2 Å². The van der Waals surface area contributed by atoms with Gasteiger partial charge < -0.3 is 10.2 Å². The van der Waals surface area contributed by atoms with Gasteiger partial charge in [-0.2, -0.15) is 5.10 Å². The van der Waals surface area contributed by atoms with Crippen molar-refractivity contribution in [3.63, 3.8) is 0 Å². The quantitative estimate of drug-likeness (QED) is 0.855. The van der Waals surface area contributed by atoms with Crippen LogP contribution in [-0.2, 0) is 0 Å². The number of amides is 1. The van der Waals surface area contributed by atoms with Gasteiger partial charge in [-0.05, 0) is 44.6 Å². The lowest BCUT2D eigenvalue weighted by molar-refractivity contribution is 0.0912. The molecule has 1 fully saturated rings. The first kappa shape index (κ1) is 12.2. The fraction of sp³-hybridized carbons (Fsp3) is 0.429. The average Bonchev–Trinajstić information content (AvgIpc) is 2.85. The summed E-state index contributed by atoms with van der Waals surface area (Å²) >= 11 is 0. The number of likely N-dealkylation sites (tertiary alicyclic amines) is 1. The number of rotatable bonds is 2. The lowest BCUT2D eigenvalue weighted by atomic mass is 10.1. The Morgan fingerprint density at radius 1 is 1.53 bits per heavy atom. The molecule has 1 aliphatic heterocycles. The molecule has 0 saturated carbocycles. The molecule has 5 heteroatoms. The fourth-order valence-corrected chi connectivity index (χ4v) is 2.64. The third-order valence-corrected chi connectivity index (χ3v) is 3.66. The molecule has 2 aromatic rings. The molecule has 1 amide bonds. The van der Waals surface area contributed by atoms with Crippen LogP contribution in [0.5, 0.6) is 0 Å². The van der Waals surface area contributed by atoms with Crippen molar-refractivity contribution in [3.05, 3.63) is 30.0 Å². The number of carbonyl (C=O) groups is 1. The molecule has 0 radical (unpaired) electrons. The highest BCUT2D eigenvalue weighted by atomic mass is 16.1. The molecule has 2 heterocycles. The van der Waals surface area contributed by atoms with Gasteiger partial charge in [-0.3, -0.25) is 9.89 Å². The standard InChI is InChI=1S/C14H18N4O/c1-18-6-2-3-12(9-18)16-14(19)10-4-5-13-11(7-10)8-15-17-13/h4-5,7-8,12H,2-3,6,9H2,1H3,(H,15,17)(H,16,19). The van der Waals surface area contributed by atoms with E-state index in [0.717, 1.165) is 36.8 Å². The molecule has 0 bridgehead atoms. The van der Waals surface area contributed by atoms with Crippen LogP contribution in [0.3, 0.4) is 0 Å². The summed E-state index contributed by atoms with van der Waals surface area (Å²) in [4.78, 5) is 14.5. The van der Waals surface area contributed by atoms with E-state index < -0.39 is 0 Å².